The highest BCUT2D eigenvalue weighted by Gasteiger charge is 2.44. The van der Waals surface area contributed by atoms with Gasteiger partial charge in [0.05, 0.1) is 0 Å². The number of rotatable bonds is 4. The second kappa shape index (κ2) is 6.61. The van der Waals surface area contributed by atoms with E-state index in [0.717, 1.165) is 19.3 Å². The minimum Gasteiger partial charge on any atom is -0.478 e. The molecule has 0 bridgehead atoms. The Hall–Kier alpha value is -3.03. The molecule has 8 heteroatoms. The minimum absolute atomic E-state index is 0.106. The van der Waals surface area contributed by atoms with Crippen LogP contribution in [0.4, 0.5) is 17.6 Å². The summed E-state index contributed by atoms with van der Waals surface area (Å²) in [4.78, 5) is 22.1. The molecule has 1 aliphatic carbocycles. The van der Waals surface area contributed by atoms with Gasteiger partial charge < -0.3 is 26.2 Å². The van der Waals surface area contributed by atoms with E-state index in [4.69, 9.17) is 16.2 Å². The molecule has 2 aliphatic rings. The maximum absolute atomic E-state index is 12.1. The second-order valence-corrected chi connectivity index (χ2v) is 7.18. The fraction of sp³-hybridized carbons (Fsp3) is 0.421. The van der Waals surface area contributed by atoms with Gasteiger partial charge in [0.1, 0.15) is 17.4 Å². The lowest BCUT2D eigenvalue weighted by molar-refractivity contribution is -0.157. The summed E-state index contributed by atoms with van der Waals surface area (Å²) in [5.74, 6) is 0.694. The molecule has 0 atom stereocenters. The van der Waals surface area contributed by atoms with Crippen LogP contribution in [-0.4, -0.2) is 39.7 Å². The molecule has 142 valence electrons. The van der Waals surface area contributed by atoms with E-state index in [1.807, 2.05) is 17.0 Å². The SMILES string of the molecule is Nc1cc(N2CCC(Oc3ccc4c(c3)CCC4)(C(=O)O)CC2)nc(N)n1. The number of benzene rings is 1. The predicted octanol–water partition coefficient (Wildman–Crippen LogP) is 1.63. The zero-order valence-electron chi connectivity index (χ0n) is 15.0. The van der Waals surface area contributed by atoms with Crippen LogP contribution in [0.2, 0.25) is 0 Å². The van der Waals surface area contributed by atoms with Gasteiger partial charge in [-0.05, 0) is 42.5 Å². The van der Waals surface area contributed by atoms with Crippen molar-refractivity contribution in [2.24, 2.45) is 0 Å². The Kier molecular flexibility index (Phi) is 4.25. The highest BCUT2D eigenvalue weighted by atomic mass is 16.5. The van der Waals surface area contributed by atoms with Gasteiger partial charge in [-0.2, -0.15) is 9.97 Å². The number of piperidine rings is 1. The molecule has 0 unspecified atom stereocenters. The summed E-state index contributed by atoms with van der Waals surface area (Å²) in [6.45, 7) is 0.959. The average Bonchev–Trinajstić information content (AvgIpc) is 3.09. The largest absolute Gasteiger partial charge is 0.478 e. The van der Waals surface area contributed by atoms with Crippen LogP contribution in [0.3, 0.4) is 0 Å². The standard InChI is InChI=1S/C19H23N5O3/c20-15-11-16(23-18(21)22-15)24-8-6-19(7-9-24,17(25)26)27-14-5-4-12-2-1-3-13(12)10-14/h4-5,10-11H,1-3,6-9H2,(H,25,26)(H4,20,21,22,23). The van der Waals surface area contributed by atoms with Crippen LogP contribution in [0.1, 0.15) is 30.4 Å². The highest BCUT2D eigenvalue weighted by molar-refractivity contribution is 5.78. The summed E-state index contributed by atoms with van der Waals surface area (Å²) in [6.07, 6.45) is 3.92. The van der Waals surface area contributed by atoms with Crippen LogP contribution in [0.5, 0.6) is 5.75 Å². The first kappa shape index (κ1) is 17.4. The zero-order valence-corrected chi connectivity index (χ0v) is 15.0. The number of carboxylic acid groups (broad SMARTS) is 1. The molecule has 1 aliphatic heterocycles. The van der Waals surface area contributed by atoms with Crippen LogP contribution in [-0.2, 0) is 17.6 Å². The van der Waals surface area contributed by atoms with Crippen molar-refractivity contribution < 1.29 is 14.6 Å². The number of fused-ring (bicyclic) bond motifs is 1. The van der Waals surface area contributed by atoms with Gasteiger partial charge in [0.25, 0.3) is 0 Å². The van der Waals surface area contributed by atoms with Gasteiger partial charge in [0, 0.05) is 32.0 Å². The molecule has 0 spiro atoms. The molecule has 0 radical (unpaired) electrons. The normalized spacial score (nSPS) is 18.1. The van der Waals surface area contributed by atoms with E-state index >= 15 is 0 Å². The van der Waals surface area contributed by atoms with Crippen LogP contribution in [0, 0.1) is 0 Å². The highest BCUT2D eigenvalue weighted by Crippen LogP contribution is 2.33. The second-order valence-electron chi connectivity index (χ2n) is 7.18. The minimum atomic E-state index is -1.24. The quantitative estimate of drug-likeness (QED) is 0.742. The third-order valence-electron chi connectivity index (χ3n) is 5.42. The number of hydrogen-bond donors (Lipinski definition) is 3. The number of hydrogen-bond acceptors (Lipinski definition) is 7. The molecule has 1 aromatic carbocycles. The Balaban J connectivity index is 1.51. The Morgan fingerprint density at radius 1 is 1.11 bits per heavy atom. The van der Waals surface area contributed by atoms with Crippen molar-refractivity contribution in [3.05, 3.63) is 35.4 Å². The molecule has 8 nitrogen and oxygen atoms in total. The Morgan fingerprint density at radius 2 is 1.85 bits per heavy atom. The lowest BCUT2D eigenvalue weighted by Gasteiger charge is -2.39. The summed E-state index contributed by atoms with van der Waals surface area (Å²) < 4.78 is 6.05. The Labute approximate surface area is 157 Å². The van der Waals surface area contributed by atoms with Gasteiger partial charge in [0.15, 0.2) is 0 Å². The van der Waals surface area contributed by atoms with E-state index in [-0.39, 0.29) is 5.95 Å². The smallest absolute Gasteiger partial charge is 0.348 e. The predicted molar refractivity (Wildman–Crippen MR) is 102 cm³/mol. The fourth-order valence-corrected chi connectivity index (χ4v) is 3.93. The Morgan fingerprint density at radius 3 is 2.56 bits per heavy atom. The molecule has 0 saturated carbocycles. The van der Waals surface area contributed by atoms with Crippen molar-refractivity contribution in [3.63, 3.8) is 0 Å². The van der Waals surface area contributed by atoms with Crippen LogP contribution in [0.25, 0.3) is 0 Å². The first-order valence-electron chi connectivity index (χ1n) is 9.14. The van der Waals surface area contributed by atoms with Crippen LogP contribution < -0.4 is 21.1 Å². The molecular formula is C19H23N5O3. The summed E-state index contributed by atoms with van der Waals surface area (Å²) in [7, 11) is 0. The van der Waals surface area contributed by atoms with E-state index < -0.39 is 11.6 Å². The van der Waals surface area contributed by atoms with E-state index in [1.54, 1.807) is 6.07 Å². The van der Waals surface area contributed by atoms with Gasteiger partial charge in [-0.25, -0.2) is 4.79 Å². The molecule has 0 amide bonds. The summed E-state index contributed by atoms with van der Waals surface area (Å²) in [6, 6.07) is 7.57. The number of ether oxygens (including phenoxy) is 1. The summed E-state index contributed by atoms with van der Waals surface area (Å²) >= 11 is 0. The lowest BCUT2D eigenvalue weighted by Crippen LogP contribution is -2.53. The molecule has 2 aromatic rings. The molecule has 1 fully saturated rings. The van der Waals surface area contributed by atoms with Crippen molar-refractivity contribution in [3.8, 4) is 5.75 Å². The number of aromatic nitrogens is 2. The summed E-state index contributed by atoms with van der Waals surface area (Å²) in [5, 5.41) is 9.88. The number of nitrogens with two attached hydrogens (primary N) is 2. The van der Waals surface area contributed by atoms with Crippen LogP contribution >= 0.6 is 0 Å². The van der Waals surface area contributed by atoms with Gasteiger partial charge in [-0.15, -0.1) is 0 Å². The molecule has 27 heavy (non-hydrogen) atoms. The molecule has 5 N–H and O–H groups in total. The maximum atomic E-state index is 12.1. The number of nitrogens with zero attached hydrogens (tertiary/aromatic N) is 3. The lowest BCUT2D eigenvalue weighted by atomic mass is 9.91. The van der Waals surface area contributed by atoms with Crippen LogP contribution in [0.15, 0.2) is 24.3 Å². The number of nitrogen functional groups attached to an aromatic ring is 2. The molecule has 1 saturated heterocycles. The van der Waals surface area contributed by atoms with E-state index in [1.165, 1.54) is 11.1 Å². The Bertz CT molecular complexity index is 857. The number of carbonyl (C=O) groups is 1. The molecule has 2 heterocycles. The maximum Gasteiger partial charge on any atom is 0.348 e. The van der Waals surface area contributed by atoms with Crippen molar-refractivity contribution in [2.45, 2.75) is 37.7 Å². The first-order valence-corrected chi connectivity index (χ1v) is 9.14. The van der Waals surface area contributed by atoms with E-state index in [9.17, 15) is 9.90 Å². The number of aliphatic carboxylic acids is 1. The van der Waals surface area contributed by atoms with Gasteiger partial charge in [-0.3, -0.25) is 0 Å². The first-order chi connectivity index (χ1) is 12.9. The average molecular weight is 369 g/mol. The molecular weight excluding hydrogens is 346 g/mol. The molecule has 4 rings (SSSR count). The van der Waals surface area contributed by atoms with Gasteiger partial charge in [-0.1, -0.05) is 6.07 Å². The van der Waals surface area contributed by atoms with E-state index in [0.29, 0.717) is 43.3 Å². The third-order valence-corrected chi connectivity index (χ3v) is 5.42. The topological polar surface area (TPSA) is 128 Å². The van der Waals surface area contributed by atoms with Gasteiger partial charge >= 0.3 is 5.97 Å². The van der Waals surface area contributed by atoms with Crippen molar-refractivity contribution in [1.29, 1.82) is 0 Å². The zero-order chi connectivity index (χ0) is 19.0. The van der Waals surface area contributed by atoms with Crippen molar-refractivity contribution in [2.75, 3.05) is 29.5 Å². The van der Waals surface area contributed by atoms with Gasteiger partial charge in [0.2, 0.25) is 11.5 Å². The van der Waals surface area contributed by atoms with E-state index in [2.05, 4.69) is 16.0 Å². The molecule has 1 aromatic heterocycles. The summed E-state index contributed by atoms with van der Waals surface area (Å²) in [5.41, 5.74) is 12.8. The third kappa shape index (κ3) is 3.34. The number of aryl methyl sites for hydroxylation is 2. The number of carboxylic acids is 1. The van der Waals surface area contributed by atoms with Crippen molar-refractivity contribution >= 4 is 23.6 Å². The number of anilines is 3. The monoisotopic (exact) mass is 369 g/mol. The van der Waals surface area contributed by atoms with Crippen molar-refractivity contribution in [1.82, 2.24) is 9.97 Å². The fourth-order valence-electron chi connectivity index (χ4n) is 3.93.